The fourth-order valence-electron chi connectivity index (χ4n) is 1.58. The van der Waals surface area contributed by atoms with Gasteiger partial charge in [0.15, 0.2) is 0 Å². The number of halogens is 2. The molecule has 0 spiro atoms. The van der Waals surface area contributed by atoms with Gasteiger partial charge in [0.05, 0.1) is 0 Å². The maximum Gasteiger partial charge on any atom is 0.123 e. The van der Waals surface area contributed by atoms with Gasteiger partial charge in [0.25, 0.3) is 0 Å². The van der Waals surface area contributed by atoms with Crippen LogP contribution in [0.4, 0.5) is 0 Å². The van der Waals surface area contributed by atoms with Gasteiger partial charge in [-0.1, -0.05) is 39.7 Å². The number of nitrogens with two attached hydrogens (primary N) is 1. The lowest BCUT2D eigenvalue weighted by Gasteiger charge is -2.08. The zero-order chi connectivity index (χ0) is 13.8. The molecule has 0 saturated heterocycles. The maximum atomic E-state index is 7.61. The molecule has 19 heavy (non-hydrogen) atoms. The molecule has 0 amide bonds. The van der Waals surface area contributed by atoms with Crippen molar-refractivity contribution in [3.63, 3.8) is 0 Å². The highest BCUT2D eigenvalue weighted by atomic mass is 79.9. The van der Waals surface area contributed by atoms with E-state index in [2.05, 4.69) is 15.9 Å². The number of nitrogens with one attached hydrogen (secondary N) is 1. The molecule has 5 heteroatoms. The third-order valence-corrected chi connectivity index (χ3v) is 4.43. The van der Waals surface area contributed by atoms with E-state index >= 15 is 0 Å². The van der Waals surface area contributed by atoms with Gasteiger partial charge in [-0.15, -0.1) is 11.8 Å². The smallest absolute Gasteiger partial charge is 0.123 e. The summed E-state index contributed by atoms with van der Waals surface area (Å²) in [7, 11) is 0. The van der Waals surface area contributed by atoms with Crippen LogP contribution in [0.25, 0.3) is 0 Å². The highest BCUT2D eigenvalue weighted by Crippen LogP contribution is 2.28. The zero-order valence-electron chi connectivity index (χ0n) is 9.99. The van der Waals surface area contributed by atoms with Crippen LogP contribution in [0, 0.1) is 5.41 Å². The minimum atomic E-state index is 0.0832. The van der Waals surface area contributed by atoms with Crippen molar-refractivity contribution in [3.05, 3.63) is 63.1 Å². The number of nitrogen functional groups attached to an aromatic ring is 1. The average molecular weight is 356 g/mol. The van der Waals surface area contributed by atoms with Gasteiger partial charge < -0.3 is 5.73 Å². The fraction of sp³-hybridized carbons (Fsp3) is 0.0714. The largest absolute Gasteiger partial charge is 0.384 e. The van der Waals surface area contributed by atoms with Crippen LogP contribution in [0.15, 0.2) is 51.8 Å². The van der Waals surface area contributed by atoms with E-state index in [0.29, 0.717) is 0 Å². The first kappa shape index (κ1) is 14.4. The molecule has 0 aromatic heterocycles. The molecular formula is C14H12BrClN2S. The van der Waals surface area contributed by atoms with Gasteiger partial charge in [-0.2, -0.15) is 0 Å². The normalized spacial score (nSPS) is 10.4. The Hall–Kier alpha value is -0.970. The van der Waals surface area contributed by atoms with E-state index in [0.717, 1.165) is 25.7 Å². The van der Waals surface area contributed by atoms with Crippen LogP contribution in [-0.2, 0) is 5.75 Å². The number of rotatable bonds is 4. The Bertz CT molecular complexity index is 599. The van der Waals surface area contributed by atoms with E-state index in [1.165, 1.54) is 5.56 Å². The summed E-state index contributed by atoms with van der Waals surface area (Å²) in [5.41, 5.74) is 7.55. The van der Waals surface area contributed by atoms with E-state index in [1.807, 2.05) is 42.5 Å². The van der Waals surface area contributed by atoms with E-state index < -0.39 is 0 Å². The number of amidine groups is 1. The summed E-state index contributed by atoms with van der Waals surface area (Å²) in [5, 5.41) is 8.35. The molecule has 0 aliphatic heterocycles. The third kappa shape index (κ3) is 4.00. The lowest BCUT2D eigenvalue weighted by Crippen LogP contribution is -2.12. The molecule has 0 atom stereocenters. The Morgan fingerprint density at radius 2 is 1.89 bits per heavy atom. The van der Waals surface area contributed by atoms with Crippen LogP contribution >= 0.6 is 39.3 Å². The van der Waals surface area contributed by atoms with Gasteiger partial charge in [-0.3, -0.25) is 5.41 Å². The van der Waals surface area contributed by atoms with Crippen LogP contribution in [0.1, 0.15) is 11.1 Å². The minimum absolute atomic E-state index is 0.0832. The van der Waals surface area contributed by atoms with Crippen molar-refractivity contribution in [2.75, 3.05) is 0 Å². The zero-order valence-corrected chi connectivity index (χ0v) is 13.1. The molecule has 0 aliphatic carbocycles. The molecule has 0 heterocycles. The molecule has 3 N–H and O–H groups in total. The Balaban J connectivity index is 2.15. The Morgan fingerprint density at radius 1 is 1.21 bits per heavy atom. The number of hydrogen-bond donors (Lipinski definition) is 2. The SMILES string of the molecule is N=C(N)c1cc(Br)ccc1SCc1ccc(Cl)cc1. The monoisotopic (exact) mass is 354 g/mol. The van der Waals surface area contributed by atoms with E-state index in [-0.39, 0.29) is 5.84 Å². The van der Waals surface area contributed by atoms with Crippen molar-refractivity contribution in [2.24, 2.45) is 5.73 Å². The number of benzene rings is 2. The summed E-state index contributed by atoms with van der Waals surface area (Å²) < 4.78 is 0.925. The first-order chi connectivity index (χ1) is 9.06. The molecule has 0 aliphatic rings. The second kappa shape index (κ2) is 6.46. The van der Waals surface area contributed by atoms with Crippen molar-refractivity contribution in [3.8, 4) is 0 Å². The highest BCUT2D eigenvalue weighted by Gasteiger charge is 2.07. The lowest BCUT2D eigenvalue weighted by atomic mass is 10.2. The molecule has 98 valence electrons. The third-order valence-electron chi connectivity index (χ3n) is 2.54. The van der Waals surface area contributed by atoms with E-state index in [4.69, 9.17) is 22.7 Å². The average Bonchev–Trinajstić information content (AvgIpc) is 2.39. The predicted octanol–water partition coefficient (Wildman–Crippen LogP) is 4.68. The van der Waals surface area contributed by atoms with Gasteiger partial charge in [0.2, 0.25) is 0 Å². The van der Waals surface area contributed by atoms with Crippen molar-refractivity contribution < 1.29 is 0 Å². The number of thioether (sulfide) groups is 1. The van der Waals surface area contributed by atoms with E-state index in [1.54, 1.807) is 11.8 Å². The predicted molar refractivity (Wildman–Crippen MR) is 86.2 cm³/mol. The highest BCUT2D eigenvalue weighted by molar-refractivity contribution is 9.10. The number of hydrogen-bond acceptors (Lipinski definition) is 2. The first-order valence-electron chi connectivity index (χ1n) is 5.57. The standard InChI is InChI=1S/C14H12BrClN2S/c15-10-3-6-13(12(7-10)14(17)18)19-8-9-1-4-11(16)5-2-9/h1-7H,8H2,(H3,17,18). The van der Waals surface area contributed by atoms with Crippen LogP contribution in [0.2, 0.25) is 5.02 Å². The van der Waals surface area contributed by atoms with Gasteiger partial charge >= 0.3 is 0 Å². The molecule has 0 radical (unpaired) electrons. The Labute approximate surface area is 130 Å². The minimum Gasteiger partial charge on any atom is -0.384 e. The lowest BCUT2D eigenvalue weighted by molar-refractivity contribution is 1.32. The van der Waals surface area contributed by atoms with Crippen LogP contribution in [-0.4, -0.2) is 5.84 Å². The van der Waals surface area contributed by atoms with E-state index in [9.17, 15) is 0 Å². The van der Waals surface area contributed by atoms with Gasteiger partial charge in [-0.05, 0) is 35.9 Å². The molecule has 2 nitrogen and oxygen atoms in total. The molecule has 2 rings (SSSR count). The summed E-state index contributed by atoms with van der Waals surface area (Å²) in [6.07, 6.45) is 0. The second-order valence-electron chi connectivity index (χ2n) is 3.97. The Morgan fingerprint density at radius 3 is 2.53 bits per heavy atom. The van der Waals surface area contributed by atoms with Crippen molar-refractivity contribution in [1.82, 2.24) is 0 Å². The first-order valence-corrected chi connectivity index (χ1v) is 7.73. The van der Waals surface area contributed by atoms with Crippen molar-refractivity contribution >= 4 is 45.1 Å². The summed E-state index contributed by atoms with van der Waals surface area (Å²) in [6, 6.07) is 13.6. The van der Waals surface area contributed by atoms with Gasteiger partial charge in [-0.25, -0.2) is 0 Å². The molecule has 2 aromatic rings. The van der Waals surface area contributed by atoms with Crippen molar-refractivity contribution in [1.29, 1.82) is 5.41 Å². The quantitative estimate of drug-likeness (QED) is 0.475. The topological polar surface area (TPSA) is 49.9 Å². The summed E-state index contributed by atoms with van der Waals surface area (Å²) in [4.78, 5) is 1.01. The second-order valence-corrected chi connectivity index (χ2v) is 6.34. The summed E-state index contributed by atoms with van der Waals surface area (Å²) in [6.45, 7) is 0. The van der Waals surface area contributed by atoms with Crippen LogP contribution in [0.3, 0.4) is 0 Å². The molecular weight excluding hydrogens is 344 g/mol. The molecule has 0 unspecified atom stereocenters. The van der Waals surface area contributed by atoms with Crippen LogP contribution in [0.5, 0.6) is 0 Å². The van der Waals surface area contributed by atoms with Gasteiger partial charge in [0.1, 0.15) is 5.84 Å². The molecule has 0 saturated carbocycles. The molecule has 0 bridgehead atoms. The molecule has 2 aromatic carbocycles. The Kier molecular flexibility index (Phi) is 4.91. The fourth-order valence-corrected chi connectivity index (χ4v) is 3.07. The van der Waals surface area contributed by atoms with Crippen molar-refractivity contribution in [2.45, 2.75) is 10.6 Å². The van der Waals surface area contributed by atoms with Gasteiger partial charge in [0, 0.05) is 25.7 Å². The van der Waals surface area contributed by atoms with Crippen LogP contribution < -0.4 is 5.73 Å². The maximum absolute atomic E-state index is 7.61. The molecule has 0 fully saturated rings. The summed E-state index contributed by atoms with van der Waals surface area (Å²) in [5.74, 6) is 0.902. The summed E-state index contributed by atoms with van der Waals surface area (Å²) >= 11 is 10.9.